The molecule has 0 amide bonds. The van der Waals surface area contributed by atoms with E-state index in [1.54, 1.807) is 19.3 Å². The Morgan fingerprint density at radius 2 is 1.82 bits per heavy atom. The van der Waals surface area contributed by atoms with Gasteiger partial charge in [0.25, 0.3) is 0 Å². The van der Waals surface area contributed by atoms with Crippen molar-refractivity contribution >= 4 is 0 Å². The van der Waals surface area contributed by atoms with E-state index in [-0.39, 0.29) is 0 Å². The van der Waals surface area contributed by atoms with Crippen LogP contribution in [-0.2, 0) is 0 Å². The van der Waals surface area contributed by atoms with Crippen molar-refractivity contribution in [3.63, 3.8) is 0 Å². The van der Waals surface area contributed by atoms with Crippen LogP contribution in [0.4, 0.5) is 0 Å². The van der Waals surface area contributed by atoms with Crippen LogP contribution >= 0.6 is 0 Å². The van der Waals surface area contributed by atoms with Crippen molar-refractivity contribution in [3.8, 4) is 0 Å². The van der Waals surface area contributed by atoms with E-state index in [9.17, 15) is 0 Å². The number of fused-ring (bicyclic) bond motifs is 1. The van der Waals surface area contributed by atoms with E-state index in [1.807, 2.05) is 27.9 Å². The number of hydrogen-bond donors (Lipinski definition) is 0. The van der Waals surface area contributed by atoms with E-state index < -0.39 is 0 Å². The quantitative estimate of drug-likeness (QED) is 0.285. The molecule has 0 aromatic heterocycles. The second-order valence-electron chi connectivity index (χ2n) is 15.0. The third-order valence-electron chi connectivity index (χ3n) is 14.6. The molecule has 2 aliphatic heterocycles. The lowest BCUT2D eigenvalue weighted by molar-refractivity contribution is -0.137. The first kappa shape index (κ1) is 20.3. The van der Waals surface area contributed by atoms with Crippen LogP contribution in [0.5, 0.6) is 0 Å². The van der Waals surface area contributed by atoms with Crippen LogP contribution in [0.3, 0.4) is 0 Å². The fourth-order valence-electron chi connectivity index (χ4n) is 13.3. The first-order valence-corrected chi connectivity index (χ1v) is 15.4. The standard InChI is InChI=1S/C33H45N/c1-21-12-16-33-26(22-7-4-3-5-8-22)13-15-31(19-27(21)33)29-28-23(10-11-24(28)18-30(31,33)2)17-25-9-6-14-32(25)20-34(29)32/h11,22,25-26,29H,3-10,12-20H2,1-2H3/t25-,26-,29+,30-,31-,32-,33+,34?/m0/s1. The second-order valence-corrected chi connectivity index (χ2v) is 15.0. The van der Waals surface area contributed by atoms with E-state index in [4.69, 9.17) is 0 Å². The summed E-state index contributed by atoms with van der Waals surface area (Å²) < 4.78 is 0. The monoisotopic (exact) mass is 455 g/mol. The zero-order valence-electron chi connectivity index (χ0n) is 21.9. The molecule has 7 aliphatic carbocycles. The lowest BCUT2D eigenvalue weighted by atomic mass is 9.39. The predicted molar refractivity (Wildman–Crippen MR) is 138 cm³/mol. The number of hydrogen-bond acceptors (Lipinski definition) is 1. The highest BCUT2D eigenvalue weighted by atomic mass is 15.4. The Labute approximate surface area is 207 Å². The summed E-state index contributed by atoms with van der Waals surface area (Å²) in [6.07, 6.45) is 26.6. The van der Waals surface area contributed by atoms with Crippen molar-refractivity contribution in [2.24, 2.45) is 34.0 Å². The van der Waals surface area contributed by atoms with E-state index in [1.165, 1.54) is 90.0 Å². The van der Waals surface area contributed by atoms with Gasteiger partial charge in [-0.2, -0.15) is 0 Å². The first-order valence-electron chi connectivity index (χ1n) is 15.4. The highest BCUT2D eigenvalue weighted by Crippen LogP contribution is 2.84. The SMILES string of the molecule is CC1=C2C[C@]34CC[C@@H](C5CCCCC5)[C@@]2(CC1)[C@@]3(C)CC1=CCC2=C1[C@H]4N1C[C@]13CCC[C@H]3C2. The molecular formula is C33H45N. The van der Waals surface area contributed by atoms with Gasteiger partial charge in [0.15, 0.2) is 0 Å². The van der Waals surface area contributed by atoms with Crippen LogP contribution < -0.4 is 0 Å². The maximum Gasteiger partial charge on any atom is 0.0422 e. The van der Waals surface area contributed by atoms with Gasteiger partial charge in [-0.05, 0) is 105 Å². The molecule has 182 valence electrons. The average Bonchev–Trinajstić information content (AvgIpc) is 2.99. The predicted octanol–water partition coefficient (Wildman–Crippen LogP) is 8.13. The van der Waals surface area contributed by atoms with Gasteiger partial charge in [0.2, 0.25) is 0 Å². The summed E-state index contributed by atoms with van der Waals surface area (Å²) in [6, 6.07) is 0.771. The summed E-state index contributed by atoms with van der Waals surface area (Å²) in [5, 5.41) is 0. The minimum Gasteiger partial charge on any atom is -0.287 e. The van der Waals surface area contributed by atoms with Gasteiger partial charge in [0, 0.05) is 29.0 Å². The largest absolute Gasteiger partial charge is 0.287 e. The van der Waals surface area contributed by atoms with Crippen molar-refractivity contribution in [2.45, 2.75) is 128 Å². The summed E-state index contributed by atoms with van der Waals surface area (Å²) in [4.78, 5) is 3.18. The number of rotatable bonds is 1. The van der Waals surface area contributed by atoms with Crippen LogP contribution in [0.1, 0.15) is 117 Å². The summed E-state index contributed by atoms with van der Waals surface area (Å²) >= 11 is 0. The smallest absolute Gasteiger partial charge is 0.0422 e. The Morgan fingerprint density at radius 3 is 2.71 bits per heavy atom. The zero-order chi connectivity index (χ0) is 22.5. The summed E-state index contributed by atoms with van der Waals surface area (Å²) in [7, 11) is 0. The Morgan fingerprint density at radius 1 is 0.941 bits per heavy atom. The normalized spacial score (nSPS) is 54.8. The zero-order valence-corrected chi connectivity index (χ0v) is 21.9. The molecule has 1 heteroatoms. The molecule has 0 aromatic carbocycles. The molecule has 5 saturated carbocycles. The highest BCUT2D eigenvalue weighted by Gasteiger charge is 2.80. The molecule has 1 saturated heterocycles. The number of nitrogens with zero attached hydrogens (tertiary/aromatic N) is 1. The molecule has 34 heavy (non-hydrogen) atoms. The molecule has 0 radical (unpaired) electrons. The third kappa shape index (κ3) is 1.97. The van der Waals surface area contributed by atoms with Crippen molar-refractivity contribution in [1.82, 2.24) is 4.90 Å². The van der Waals surface area contributed by atoms with Gasteiger partial charge in [-0.3, -0.25) is 4.90 Å². The molecular weight excluding hydrogens is 410 g/mol. The molecule has 1 unspecified atom stereocenters. The summed E-state index contributed by atoms with van der Waals surface area (Å²) in [5.74, 6) is 2.99. The summed E-state index contributed by atoms with van der Waals surface area (Å²) in [6.45, 7) is 6.90. The van der Waals surface area contributed by atoms with E-state index >= 15 is 0 Å². The lowest BCUT2D eigenvalue weighted by Crippen LogP contribution is -2.62. The minimum atomic E-state index is 0.491. The fourth-order valence-corrected chi connectivity index (χ4v) is 13.3. The van der Waals surface area contributed by atoms with Crippen LogP contribution in [-0.4, -0.2) is 23.0 Å². The van der Waals surface area contributed by atoms with Gasteiger partial charge in [-0.25, -0.2) is 0 Å². The van der Waals surface area contributed by atoms with Crippen LogP contribution in [0.25, 0.3) is 0 Å². The third-order valence-corrected chi connectivity index (χ3v) is 14.6. The molecule has 9 aliphatic rings. The highest BCUT2D eigenvalue weighted by molar-refractivity contribution is 5.58. The molecule has 6 fully saturated rings. The van der Waals surface area contributed by atoms with Gasteiger partial charge in [0.1, 0.15) is 0 Å². The topological polar surface area (TPSA) is 3.01 Å². The molecule has 0 aromatic rings. The van der Waals surface area contributed by atoms with Gasteiger partial charge < -0.3 is 0 Å². The van der Waals surface area contributed by atoms with Crippen LogP contribution in [0, 0.1) is 34.0 Å². The van der Waals surface area contributed by atoms with Gasteiger partial charge >= 0.3 is 0 Å². The first-order chi connectivity index (χ1) is 16.5. The average molecular weight is 456 g/mol. The Hall–Kier alpha value is -0.820. The minimum absolute atomic E-state index is 0.491. The lowest BCUT2D eigenvalue weighted by Gasteiger charge is -2.66. The maximum atomic E-state index is 3.18. The molecule has 0 N–H and O–H groups in total. The Balaban J connectivity index is 1.26. The van der Waals surface area contributed by atoms with Crippen molar-refractivity contribution in [3.05, 3.63) is 33.9 Å². The summed E-state index contributed by atoms with van der Waals surface area (Å²) in [5.41, 5.74) is 11.8. The molecule has 1 nitrogen and oxygen atoms in total. The Kier molecular flexibility index (Phi) is 3.68. The van der Waals surface area contributed by atoms with Gasteiger partial charge in [0.05, 0.1) is 0 Å². The van der Waals surface area contributed by atoms with E-state index in [0.29, 0.717) is 21.8 Å². The molecule has 2 bridgehead atoms. The molecule has 9 rings (SSSR count). The van der Waals surface area contributed by atoms with E-state index in [2.05, 4.69) is 24.8 Å². The van der Waals surface area contributed by atoms with Crippen LogP contribution in [0.15, 0.2) is 33.9 Å². The van der Waals surface area contributed by atoms with Gasteiger partial charge in [-0.15, -0.1) is 0 Å². The molecule has 2 heterocycles. The van der Waals surface area contributed by atoms with Crippen LogP contribution in [0.2, 0.25) is 0 Å². The number of allylic oxidation sites excluding steroid dienone is 4. The molecule has 8 atom stereocenters. The fraction of sp³-hybridized carbons (Fsp3) is 0.818. The van der Waals surface area contributed by atoms with Crippen molar-refractivity contribution in [1.29, 1.82) is 0 Å². The Bertz CT molecular complexity index is 1080. The molecule has 2 spiro atoms. The van der Waals surface area contributed by atoms with Crippen molar-refractivity contribution in [2.75, 3.05) is 6.54 Å². The van der Waals surface area contributed by atoms with Gasteiger partial charge in [-0.1, -0.05) is 68.2 Å². The van der Waals surface area contributed by atoms with E-state index in [0.717, 1.165) is 23.8 Å². The maximum absolute atomic E-state index is 3.18. The second kappa shape index (κ2) is 6.17. The van der Waals surface area contributed by atoms with Crippen molar-refractivity contribution < 1.29 is 0 Å².